The Balaban J connectivity index is 1.44. The van der Waals surface area contributed by atoms with E-state index in [9.17, 15) is 10.1 Å². The van der Waals surface area contributed by atoms with Crippen LogP contribution in [-0.4, -0.2) is 31.4 Å². The summed E-state index contributed by atoms with van der Waals surface area (Å²) >= 11 is 1.74. The average Bonchev–Trinajstić information content (AvgIpc) is 3.31. The Bertz CT molecular complexity index is 1260. The minimum Gasteiger partial charge on any atom is -0.490 e. The van der Waals surface area contributed by atoms with Crippen LogP contribution in [0.25, 0.3) is 6.08 Å². The second-order valence-electron chi connectivity index (χ2n) is 8.15. The maximum absolute atomic E-state index is 13.1. The van der Waals surface area contributed by atoms with E-state index >= 15 is 0 Å². The van der Waals surface area contributed by atoms with Crippen molar-refractivity contribution in [2.45, 2.75) is 25.2 Å². The van der Waals surface area contributed by atoms with Gasteiger partial charge in [0.15, 0.2) is 11.5 Å². The fraction of sp³-hybridized carbons (Fsp3) is 0.241. The first kappa shape index (κ1) is 24.4. The van der Waals surface area contributed by atoms with E-state index in [4.69, 9.17) is 9.47 Å². The van der Waals surface area contributed by atoms with Gasteiger partial charge in [-0.1, -0.05) is 42.0 Å². The highest BCUT2D eigenvalue weighted by molar-refractivity contribution is 7.99. The summed E-state index contributed by atoms with van der Waals surface area (Å²) in [7, 11) is 0. The summed E-state index contributed by atoms with van der Waals surface area (Å²) in [5.41, 5.74) is 4.05. The predicted molar refractivity (Wildman–Crippen MR) is 141 cm³/mol. The van der Waals surface area contributed by atoms with Gasteiger partial charge in [0.25, 0.3) is 5.91 Å². The fourth-order valence-corrected chi connectivity index (χ4v) is 4.68. The van der Waals surface area contributed by atoms with Crippen molar-refractivity contribution in [3.8, 4) is 17.6 Å². The molecule has 4 rings (SSSR count). The molecule has 35 heavy (non-hydrogen) atoms. The Morgan fingerprint density at radius 3 is 2.66 bits per heavy atom. The molecule has 1 heterocycles. The van der Waals surface area contributed by atoms with Gasteiger partial charge in [-0.05, 0) is 67.8 Å². The Labute approximate surface area is 211 Å². The number of benzene rings is 3. The van der Waals surface area contributed by atoms with Crippen molar-refractivity contribution < 1.29 is 14.3 Å². The van der Waals surface area contributed by atoms with Gasteiger partial charge < -0.3 is 14.4 Å². The van der Waals surface area contributed by atoms with Crippen LogP contribution in [0.5, 0.6) is 11.5 Å². The number of aryl methyl sites for hydroxylation is 1. The SMILES string of the molecule is CCOc1cc(C=C(C#N)C(=O)N2CCc3ccccc32)ccc1OCCSc1ccc(C)cc1. The average molecular weight is 485 g/mol. The van der Waals surface area contributed by atoms with E-state index in [1.165, 1.54) is 10.5 Å². The number of thioether (sulfide) groups is 1. The van der Waals surface area contributed by atoms with E-state index in [1.54, 1.807) is 22.7 Å². The van der Waals surface area contributed by atoms with Gasteiger partial charge >= 0.3 is 0 Å². The van der Waals surface area contributed by atoms with Crippen LogP contribution in [0.1, 0.15) is 23.6 Å². The van der Waals surface area contributed by atoms with Crippen molar-refractivity contribution in [2.75, 3.05) is 30.4 Å². The van der Waals surface area contributed by atoms with Crippen LogP contribution in [-0.2, 0) is 11.2 Å². The number of anilines is 1. The third kappa shape index (κ3) is 6.06. The summed E-state index contributed by atoms with van der Waals surface area (Å²) in [4.78, 5) is 16.0. The summed E-state index contributed by atoms with van der Waals surface area (Å²) in [6.07, 6.45) is 2.41. The van der Waals surface area contributed by atoms with Crippen LogP contribution in [0.3, 0.4) is 0 Å². The number of rotatable bonds is 9. The summed E-state index contributed by atoms with van der Waals surface area (Å²) in [6.45, 7) is 5.58. The van der Waals surface area contributed by atoms with Gasteiger partial charge in [0.05, 0.1) is 13.2 Å². The zero-order valence-corrected chi connectivity index (χ0v) is 20.8. The Morgan fingerprint density at radius 2 is 1.89 bits per heavy atom. The van der Waals surface area contributed by atoms with Crippen molar-refractivity contribution in [1.29, 1.82) is 5.26 Å². The molecule has 0 radical (unpaired) electrons. The minimum absolute atomic E-state index is 0.0901. The van der Waals surface area contributed by atoms with Crippen LogP contribution in [0.15, 0.2) is 77.2 Å². The second-order valence-corrected chi connectivity index (χ2v) is 9.32. The maximum atomic E-state index is 13.1. The molecule has 0 bridgehead atoms. The van der Waals surface area contributed by atoms with Crippen LogP contribution in [0, 0.1) is 18.3 Å². The predicted octanol–water partition coefficient (Wildman–Crippen LogP) is 6.06. The van der Waals surface area contributed by atoms with Gasteiger partial charge in [0.1, 0.15) is 11.6 Å². The first-order valence-corrected chi connectivity index (χ1v) is 12.7. The van der Waals surface area contributed by atoms with E-state index in [2.05, 4.69) is 37.3 Å². The number of fused-ring (bicyclic) bond motifs is 1. The third-order valence-electron chi connectivity index (χ3n) is 5.69. The minimum atomic E-state index is -0.288. The zero-order chi connectivity index (χ0) is 24.6. The summed E-state index contributed by atoms with van der Waals surface area (Å²) in [6, 6.07) is 23.8. The van der Waals surface area contributed by atoms with Gasteiger partial charge in [-0.25, -0.2) is 0 Å². The quantitative estimate of drug-likeness (QED) is 0.160. The number of hydrogen-bond donors (Lipinski definition) is 0. The van der Waals surface area contributed by atoms with E-state index in [1.807, 2.05) is 49.4 Å². The van der Waals surface area contributed by atoms with Crippen molar-refractivity contribution in [3.05, 3.63) is 89.0 Å². The molecule has 0 aromatic heterocycles. The summed E-state index contributed by atoms with van der Waals surface area (Å²) in [5, 5.41) is 9.72. The number of hydrogen-bond acceptors (Lipinski definition) is 5. The molecule has 0 spiro atoms. The van der Waals surface area contributed by atoms with Crippen molar-refractivity contribution >= 4 is 29.4 Å². The van der Waals surface area contributed by atoms with E-state index in [0.29, 0.717) is 36.8 Å². The van der Waals surface area contributed by atoms with Crippen LogP contribution >= 0.6 is 11.8 Å². The molecule has 0 saturated carbocycles. The molecule has 178 valence electrons. The fourth-order valence-electron chi connectivity index (χ4n) is 3.95. The molecule has 0 saturated heterocycles. The molecular weight excluding hydrogens is 456 g/mol. The molecule has 0 atom stereocenters. The molecule has 1 aliphatic heterocycles. The molecule has 0 unspecified atom stereocenters. The van der Waals surface area contributed by atoms with Crippen molar-refractivity contribution in [1.82, 2.24) is 0 Å². The highest BCUT2D eigenvalue weighted by Crippen LogP contribution is 2.32. The Hall–Kier alpha value is -3.69. The van der Waals surface area contributed by atoms with Gasteiger partial charge in [-0.2, -0.15) is 5.26 Å². The standard InChI is InChI=1S/C29H28N2O3S/c1-3-33-28-19-22(10-13-27(28)34-16-17-35-25-11-8-21(2)9-12-25)18-24(20-30)29(32)31-15-14-23-6-4-5-7-26(23)31/h4-13,18-19H,3,14-17H2,1-2H3. The first-order valence-electron chi connectivity index (χ1n) is 11.7. The van der Waals surface area contributed by atoms with E-state index < -0.39 is 0 Å². The Morgan fingerprint density at radius 1 is 1.09 bits per heavy atom. The number of ether oxygens (including phenoxy) is 2. The van der Waals surface area contributed by atoms with Crippen LogP contribution in [0.4, 0.5) is 5.69 Å². The lowest BCUT2D eigenvalue weighted by Gasteiger charge is -2.17. The molecule has 0 aliphatic carbocycles. The lowest BCUT2D eigenvalue weighted by atomic mass is 10.1. The molecule has 3 aromatic rings. The number of carbonyl (C=O) groups is 1. The highest BCUT2D eigenvalue weighted by atomic mass is 32.2. The molecule has 3 aromatic carbocycles. The molecule has 0 fully saturated rings. The lowest BCUT2D eigenvalue weighted by molar-refractivity contribution is -0.114. The number of nitriles is 1. The van der Waals surface area contributed by atoms with Crippen LogP contribution in [0.2, 0.25) is 0 Å². The van der Waals surface area contributed by atoms with Gasteiger partial charge in [0.2, 0.25) is 0 Å². The van der Waals surface area contributed by atoms with E-state index in [-0.39, 0.29) is 11.5 Å². The summed E-state index contributed by atoms with van der Waals surface area (Å²) < 4.78 is 11.8. The van der Waals surface area contributed by atoms with E-state index in [0.717, 1.165) is 23.4 Å². The lowest BCUT2D eigenvalue weighted by Crippen LogP contribution is -2.29. The highest BCUT2D eigenvalue weighted by Gasteiger charge is 2.26. The number of amides is 1. The van der Waals surface area contributed by atoms with Crippen LogP contribution < -0.4 is 14.4 Å². The largest absolute Gasteiger partial charge is 0.490 e. The summed E-state index contributed by atoms with van der Waals surface area (Å²) in [5.74, 6) is 1.76. The molecule has 6 heteroatoms. The third-order valence-corrected chi connectivity index (χ3v) is 6.67. The van der Waals surface area contributed by atoms with Crippen molar-refractivity contribution in [2.24, 2.45) is 0 Å². The van der Waals surface area contributed by atoms with Crippen molar-refractivity contribution in [3.63, 3.8) is 0 Å². The number of nitrogens with zero attached hydrogens (tertiary/aromatic N) is 2. The second kappa shape index (κ2) is 11.6. The maximum Gasteiger partial charge on any atom is 0.268 e. The topological polar surface area (TPSA) is 62.6 Å². The van der Waals surface area contributed by atoms with Gasteiger partial charge in [0, 0.05) is 22.9 Å². The monoisotopic (exact) mass is 484 g/mol. The number of carbonyl (C=O) groups excluding carboxylic acids is 1. The van der Waals surface area contributed by atoms with Gasteiger partial charge in [-0.15, -0.1) is 11.8 Å². The normalized spacial score (nSPS) is 12.7. The number of para-hydroxylation sites is 1. The molecule has 1 aliphatic rings. The zero-order valence-electron chi connectivity index (χ0n) is 20.0. The smallest absolute Gasteiger partial charge is 0.268 e. The molecular formula is C29H28N2O3S. The first-order chi connectivity index (χ1) is 17.1. The molecule has 0 N–H and O–H groups in total. The molecule has 5 nitrogen and oxygen atoms in total. The Kier molecular flexibility index (Phi) is 8.12. The molecule has 1 amide bonds. The van der Waals surface area contributed by atoms with Gasteiger partial charge in [-0.3, -0.25) is 4.79 Å².